The zero-order valence-electron chi connectivity index (χ0n) is 11.5. The molecule has 20 heavy (non-hydrogen) atoms. The van der Waals surface area contributed by atoms with Gasteiger partial charge in [0.15, 0.2) is 0 Å². The lowest BCUT2D eigenvalue weighted by atomic mass is 9.81. The van der Waals surface area contributed by atoms with E-state index in [2.05, 4.69) is 60.1 Å². The smallest absolute Gasteiger partial charge is 0.0544 e. The van der Waals surface area contributed by atoms with E-state index in [1.807, 2.05) is 17.8 Å². The molecule has 0 aliphatic carbocycles. The molecule has 0 bridgehead atoms. The summed E-state index contributed by atoms with van der Waals surface area (Å²) >= 11 is 12.0. The SMILES string of the molecule is CC(C)C1c2cccc(Br)c2CSc2c(Cl)cccc21. The summed E-state index contributed by atoms with van der Waals surface area (Å²) in [6.45, 7) is 4.58. The summed E-state index contributed by atoms with van der Waals surface area (Å²) in [5, 5.41) is 0.877. The predicted octanol–water partition coefficient (Wildman–Crippen LogP) is 6.50. The molecule has 1 aliphatic heterocycles. The van der Waals surface area contributed by atoms with Gasteiger partial charge in [-0.2, -0.15) is 0 Å². The van der Waals surface area contributed by atoms with E-state index in [-0.39, 0.29) is 0 Å². The van der Waals surface area contributed by atoms with Crippen LogP contribution in [0.2, 0.25) is 5.02 Å². The molecule has 0 fully saturated rings. The number of benzene rings is 2. The number of halogens is 2. The lowest BCUT2D eigenvalue weighted by Gasteiger charge is -2.24. The fourth-order valence-corrected chi connectivity index (χ4v) is 5.20. The van der Waals surface area contributed by atoms with Gasteiger partial charge in [-0.15, -0.1) is 11.8 Å². The van der Waals surface area contributed by atoms with Crippen LogP contribution < -0.4 is 0 Å². The van der Waals surface area contributed by atoms with Crippen molar-refractivity contribution in [2.75, 3.05) is 0 Å². The second-order valence-electron chi connectivity index (χ2n) is 5.48. The molecule has 1 aliphatic rings. The van der Waals surface area contributed by atoms with Crippen LogP contribution in [0.3, 0.4) is 0 Å². The van der Waals surface area contributed by atoms with Crippen molar-refractivity contribution in [2.45, 2.75) is 30.4 Å². The Morgan fingerprint density at radius 2 is 1.85 bits per heavy atom. The number of hydrogen-bond donors (Lipinski definition) is 0. The molecule has 1 heterocycles. The summed E-state index contributed by atoms with van der Waals surface area (Å²) in [4.78, 5) is 1.25. The minimum atomic E-state index is 0.409. The molecule has 0 nitrogen and oxygen atoms in total. The zero-order chi connectivity index (χ0) is 14.3. The Labute approximate surface area is 138 Å². The van der Waals surface area contributed by atoms with Crippen LogP contribution in [0.1, 0.15) is 36.5 Å². The monoisotopic (exact) mass is 366 g/mol. The van der Waals surface area contributed by atoms with Gasteiger partial charge in [0.25, 0.3) is 0 Å². The highest BCUT2D eigenvalue weighted by atomic mass is 79.9. The first-order valence-electron chi connectivity index (χ1n) is 6.78. The molecule has 0 saturated heterocycles. The molecule has 104 valence electrons. The van der Waals surface area contributed by atoms with Crippen molar-refractivity contribution in [3.05, 3.63) is 62.6 Å². The Bertz CT molecular complexity index is 598. The molecule has 0 aromatic heterocycles. The Balaban J connectivity index is 2.27. The number of hydrogen-bond acceptors (Lipinski definition) is 1. The van der Waals surface area contributed by atoms with Crippen molar-refractivity contribution in [3.8, 4) is 0 Å². The van der Waals surface area contributed by atoms with E-state index in [1.165, 1.54) is 26.1 Å². The number of fused-ring (bicyclic) bond motifs is 2. The Kier molecular flexibility index (Phi) is 4.16. The summed E-state index contributed by atoms with van der Waals surface area (Å²) in [6.07, 6.45) is 0. The molecule has 0 saturated carbocycles. The minimum Gasteiger partial charge on any atom is -0.119 e. The van der Waals surface area contributed by atoms with E-state index < -0.39 is 0 Å². The summed E-state index contributed by atoms with van der Waals surface area (Å²) in [7, 11) is 0. The van der Waals surface area contributed by atoms with Gasteiger partial charge < -0.3 is 0 Å². The topological polar surface area (TPSA) is 0 Å². The van der Waals surface area contributed by atoms with Gasteiger partial charge in [-0.3, -0.25) is 0 Å². The van der Waals surface area contributed by atoms with Crippen LogP contribution in [0, 0.1) is 5.92 Å². The number of thioether (sulfide) groups is 1. The molecule has 0 spiro atoms. The van der Waals surface area contributed by atoms with Crippen LogP contribution in [-0.2, 0) is 5.75 Å². The van der Waals surface area contributed by atoms with Crippen molar-refractivity contribution < 1.29 is 0 Å². The van der Waals surface area contributed by atoms with E-state index in [0.29, 0.717) is 11.8 Å². The van der Waals surface area contributed by atoms with E-state index in [4.69, 9.17) is 11.6 Å². The molecule has 0 N–H and O–H groups in total. The molecule has 0 radical (unpaired) electrons. The van der Waals surface area contributed by atoms with Gasteiger partial charge >= 0.3 is 0 Å². The highest BCUT2D eigenvalue weighted by Crippen LogP contribution is 2.47. The summed E-state index contributed by atoms with van der Waals surface area (Å²) in [6, 6.07) is 12.8. The summed E-state index contributed by atoms with van der Waals surface area (Å²) < 4.78 is 1.21. The highest BCUT2D eigenvalue weighted by molar-refractivity contribution is 9.10. The zero-order valence-corrected chi connectivity index (χ0v) is 14.6. The van der Waals surface area contributed by atoms with Crippen molar-refractivity contribution in [3.63, 3.8) is 0 Å². The molecule has 3 rings (SSSR count). The van der Waals surface area contributed by atoms with Crippen LogP contribution >= 0.6 is 39.3 Å². The van der Waals surface area contributed by atoms with Crippen LogP contribution in [0.25, 0.3) is 0 Å². The molecule has 0 amide bonds. The summed E-state index contributed by atoms with van der Waals surface area (Å²) in [5.74, 6) is 1.92. The van der Waals surface area contributed by atoms with Crippen LogP contribution in [0.15, 0.2) is 45.8 Å². The lowest BCUT2D eigenvalue weighted by molar-refractivity contribution is 0.556. The molecule has 1 atom stereocenters. The predicted molar refractivity (Wildman–Crippen MR) is 91.8 cm³/mol. The Morgan fingerprint density at radius 1 is 1.15 bits per heavy atom. The molecule has 2 aromatic rings. The average Bonchev–Trinajstić information content (AvgIpc) is 2.57. The third-order valence-electron chi connectivity index (χ3n) is 3.85. The Morgan fingerprint density at radius 3 is 2.60 bits per heavy atom. The average molecular weight is 368 g/mol. The first-order chi connectivity index (χ1) is 9.59. The normalized spacial score (nSPS) is 17.6. The van der Waals surface area contributed by atoms with Crippen LogP contribution in [-0.4, -0.2) is 0 Å². The van der Waals surface area contributed by atoms with Crippen molar-refractivity contribution in [2.24, 2.45) is 5.92 Å². The van der Waals surface area contributed by atoms with Crippen LogP contribution in [0.4, 0.5) is 0 Å². The van der Waals surface area contributed by atoms with Gasteiger partial charge in [-0.1, -0.05) is 65.6 Å². The number of rotatable bonds is 1. The largest absolute Gasteiger partial charge is 0.119 e. The molecular formula is C17H16BrClS. The Hall–Kier alpha value is -0.440. The fraction of sp³-hybridized carbons (Fsp3) is 0.294. The van der Waals surface area contributed by atoms with Crippen molar-refractivity contribution in [1.29, 1.82) is 0 Å². The second-order valence-corrected chi connectivity index (χ2v) is 7.72. The second kappa shape index (κ2) is 5.75. The van der Waals surface area contributed by atoms with E-state index in [1.54, 1.807) is 0 Å². The fourth-order valence-electron chi connectivity index (χ4n) is 2.97. The third-order valence-corrected chi connectivity index (χ3v) is 6.20. The first-order valence-corrected chi connectivity index (χ1v) is 8.93. The van der Waals surface area contributed by atoms with Crippen molar-refractivity contribution in [1.82, 2.24) is 0 Å². The molecule has 3 heteroatoms. The third kappa shape index (κ3) is 2.43. The van der Waals surface area contributed by atoms with Crippen molar-refractivity contribution >= 4 is 39.3 Å². The quantitative estimate of drug-likeness (QED) is 0.554. The maximum Gasteiger partial charge on any atom is 0.0544 e. The van der Waals surface area contributed by atoms with Crippen LogP contribution in [0.5, 0.6) is 0 Å². The van der Waals surface area contributed by atoms with Gasteiger partial charge in [0.2, 0.25) is 0 Å². The maximum atomic E-state index is 6.43. The molecular weight excluding hydrogens is 352 g/mol. The molecule has 1 unspecified atom stereocenters. The van der Waals surface area contributed by atoms with Gasteiger partial charge in [0.05, 0.1) is 5.02 Å². The lowest BCUT2D eigenvalue weighted by Crippen LogP contribution is -2.10. The minimum absolute atomic E-state index is 0.409. The van der Waals surface area contributed by atoms with Gasteiger partial charge in [-0.25, -0.2) is 0 Å². The van der Waals surface area contributed by atoms with E-state index in [9.17, 15) is 0 Å². The first kappa shape index (κ1) is 14.5. The van der Waals surface area contributed by atoms with Gasteiger partial charge in [0, 0.05) is 21.0 Å². The summed E-state index contributed by atoms with van der Waals surface area (Å²) in [5.41, 5.74) is 4.21. The van der Waals surface area contributed by atoms with Gasteiger partial charge in [-0.05, 0) is 34.7 Å². The maximum absolute atomic E-state index is 6.43. The van der Waals surface area contributed by atoms with Gasteiger partial charge in [0.1, 0.15) is 0 Å². The van der Waals surface area contributed by atoms with E-state index in [0.717, 1.165) is 10.8 Å². The highest BCUT2D eigenvalue weighted by Gasteiger charge is 2.28. The van der Waals surface area contributed by atoms with E-state index >= 15 is 0 Å². The standard InChI is InChI=1S/C17H16BrClS/c1-10(2)16-11-5-3-7-14(18)13(11)9-20-17-12(16)6-4-8-15(17)19/h3-8,10,16H,9H2,1-2H3. The molecule has 2 aromatic carbocycles.